The minimum atomic E-state index is -1.07. The van der Waals surface area contributed by atoms with Crippen LogP contribution in [0.1, 0.15) is 22.3 Å². The molecule has 34 heavy (non-hydrogen) atoms. The van der Waals surface area contributed by atoms with Gasteiger partial charge in [0, 0.05) is 23.5 Å². The highest BCUT2D eigenvalue weighted by Gasteiger charge is 2.59. The predicted octanol–water partition coefficient (Wildman–Crippen LogP) is 5.29. The van der Waals surface area contributed by atoms with E-state index in [2.05, 4.69) is 29.6 Å². The number of hydrogen-bond acceptors (Lipinski definition) is 4. The third-order valence-electron chi connectivity index (χ3n) is 6.40. The molecule has 0 radical (unpaired) electrons. The van der Waals surface area contributed by atoms with Gasteiger partial charge in [-0.2, -0.15) is 0 Å². The third kappa shape index (κ3) is 3.70. The van der Waals surface area contributed by atoms with Gasteiger partial charge in [0.1, 0.15) is 5.75 Å². The Bertz CT molecular complexity index is 1240. The van der Waals surface area contributed by atoms with E-state index in [0.717, 1.165) is 22.4 Å². The quantitative estimate of drug-likeness (QED) is 0.559. The van der Waals surface area contributed by atoms with Gasteiger partial charge in [-0.15, -0.1) is 11.8 Å². The van der Waals surface area contributed by atoms with Gasteiger partial charge >= 0.3 is 6.03 Å². The van der Waals surface area contributed by atoms with E-state index in [1.165, 1.54) is 17.3 Å². The number of carbonyl (C=O) groups is 2. The van der Waals surface area contributed by atoms with Crippen molar-refractivity contribution in [1.29, 1.82) is 0 Å². The Hall–Kier alpha value is -3.45. The Balaban J connectivity index is 1.50. The number of thioether (sulfide) groups is 1. The zero-order valence-corrected chi connectivity index (χ0v) is 20.3. The smallest absolute Gasteiger partial charge is 0.323 e. The molecule has 174 valence electrons. The molecule has 3 aromatic carbocycles. The lowest BCUT2D eigenvalue weighted by Gasteiger charge is -2.33. The first-order valence-electron chi connectivity index (χ1n) is 11.3. The fraction of sp³-hybridized carbons (Fsp3) is 0.259. The molecule has 3 amide bonds. The second-order valence-corrected chi connectivity index (χ2v) is 9.99. The molecule has 5 rings (SSSR count). The molecule has 0 aromatic heterocycles. The van der Waals surface area contributed by atoms with Crippen molar-refractivity contribution in [3.63, 3.8) is 0 Å². The molecule has 2 aliphatic rings. The summed E-state index contributed by atoms with van der Waals surface area (Å²) in [5.74, 6) is 1.34. The van der Waals surface area contributed by atoms with E-state index in [4.69, 9.17) is 4.74 Å². The Labute approximate surface area is 203 Å². The second-order valence-electron chi connectivity index (χ2n) is 8.70. The molecule has 0 aliphatic carbocycles. The Morgan fingerprint density at radius 3 is 2.44 bits per heavy atom. The van der Waals surface area contributed by atoms with Gasteiger partial charge in [-0.3, -0.25) is 9.69 Å². The van der Waals surface area contributed by atoms with E-state index in [1.807, 2.05) is 36.9 Å². The number of aryl methyl sites for hydroxylation is 2. The largest absolute Gasteiger partial charge is 0.497 e. The maximum absolute atomic E-state index is 14.1. The normalized spacial score (nSPS) is 19.0. The molecular weight excluding hydrogens is 446 g/mol. The summed E-state index contributed by atoms with van der Waals surface area (Å²) in [6.45, 7) is 5.02. The van der Waals surface area contributed by atoms with Crippen molar-refractivity contribution in [3.05, 3.63) is 89.0 Å². The molecule has 6 nitrogen and oxygen atoms in total. The molecule has 1 fully saturated rings. The van der Waals surface area contributed by atoms with Crippen LogP contribution in [0.3, 0.4) is 0 Å². The maximum Gasteiger partial charge on any atom is 0.323 e. The molecule has 1 atom stereocenters. The molecule has 2 aliphatic heterocycles. The summed E-state index contributed by atoms with van der Waals surface area (Å²) < 4.78 is 5.20. The van der Waals surface area contributed by atoms with Crippen molar-refractivity contribution >= 4 is 35.1 Å². The molecule has 2 heterocycles. The number of ether oxygens (including phenoxy) is 1. The highest BCUT2D eigenvalue weighted by molar-refractivity contribution is 8.01. The van der Waals surface area contributed by atoms with E-state index in [0.29, 0.717) is 30.3 Å². The lowest BCUT2D eigenvalue weighted by atomic mass is 10.0. The van der Waals surface area contributed by atoms with Crippen molar-refractivity contribution in [3.8, 4) is 5.75 Å². The van der Waals surface area contributed by atoms with E-state index < -0.39 is 4.87 Å². The first kappa shape index (κ1) is 22.3. The van der Waals surface area contributed by atoms with Crippen LogP contribution in [0.5, 0.6) is 5.75 Å². The average molecular weight is 474 g/mol. The van der Waals surface area contributed by atoms with Gasteiger partial charge in [0.15, 0.2) is 4.87 Å². The summed E-state index contributed by atoms with van der Waals surface area (Å²) in [5.41, 5.74) is 5.71. The number of hydrogen-bond donors (Lipinski definition) is 1. The summed E-state index contributed by atoms with van der Waals surface area (Å²) in [5, 5.41) is 2.97. The van der Waals surface area contributed by atoms with E-state index in [1.54, 1.807) is 36.3 Å². The highest BCUT2D eigenvalue weighted by Crippen LogP contribution is 2.54. The lowest BCUT2D eigenvalue weighted by Crippen LogP contribution is -2.51. The van der Waals surface area contributed by atoms with Crippen LogP contribution >= 0.6 is 11.8 Å². The number of nitrogens with one attached hydrogen (secondary N) is 1. The fourth-order valence-corrected chi connectivity index (χ4v) is 6.08. The molecule has 7 heteroatoms. The van der Waals surface area contributed by atoms with Crippen LogP contribution in [0, 0.1) is 13.8 Å². The molecule has 3 aromatic rings. The van der Waals surface area contributed by atoms with Gasteiger partial charge in [-0.05, 0) is 49.7 Å². The van der Waals surface area contributed by atoms with Crippen molar-refractivity contribution in [2.45, 2.75) is 25.3 Å². The lowest BCUT2D eigenvalue weighted by molar-refractivity contribution is -0.123. The van der Waals surface area contributed by atoms with E-state index in [-0.39, 0.29) is 11.9 Å². The van der Waals surface area contributed by atoms with Crippen molar-refractivity contribution in [2.24, 2.45) is 0 Å². The Kier molecular flexibility index (Phi) is 5.73. The first-order valence-corrected chi connectivity index (χ1v) is 12.3. The van der Waals surface area contributed by atoms with Gasteiger partial charge < -0.3 is 15.0 Å². The second kappa shape index (κ2) is 8.72. The zero-order valence-electron chi connectivity index (χ0n) is 19.5. The summed E-state index contributed by atoms with van der Waals surface area (Å²) in [7, 11) is 1.60. The summed E-state index contributed by atoms with van der Waals surface area (Å²) in [4.78, 5) is 30.0. The van der Waals surface area contributed by atoms with Crippen LogP contribution in [-0.2, 0) is 16.2 Å². The SMILES string of the molecule is COc1ccc(NC(=O)N2CCS[C@]23C(=O)N(Cc2ccc(C)cc2)c2ccc(C)cc23)cc1. The molecule has 0 saturated carbocycles. The van der Waals surface area contributed by atoms with Crippen LogP contribution in [0.2, 0.25) is 0 Å². The number of benzene rings is 3. The maximum atomic E-state index is 14.1. The number of carbonyl (C=O) groups excluding carboxylic acids is 2. The summed E-state index contributed by atoms with van der Waals surface area (Å²) >= 11 is 1.54. The van der Waals surface area contributed by atoms with Gasteiger partial charge in [0.25, 0.3) is 5.91 Å². The number of anilines is 2. The Morgan fingerprint density at radius 2 is 1.74 bits per heavy atom. The highest BCUT2D eigenvalue weighted by atomic mass is 32.2. The number of fused-ring (bicyclic) bond motifs is 2. The van der Waals surface area contributed by atoms with Crippen molar-refractivity contribution in [2.75, 3.05) is 29.6 Å². The zero-order chi connectivity index (χ0) is 23.9. The fourth-order valence-electron chi connectivity index (χ4n) is 4.63. The average Bonchev–Trinajstić information content (AvgIpc) is 3.38. The Morgan fingerprint density at radius 1 is 1.03 bits per heavy atom. The molecular formula is C27H27N3O3S. The van der Waals surface area contributed by atoms with Gasteiger partial charge in [0.05, 0.1) is 19.3 Å². The summed E-state index contributed by atoms with van der Waals surface area (Å²) in [6.07, 6.45) is 0. The van der Waals surface area contributed by atoms with Gasteiger partial charge in [0.2, 0.25) is 0 Å². The monoisotopic (exact) mass is 473 g/mol. The van der Waals surface area contributed by atoms with Crippen LogP contribution in [0.4, 0.5) is 16.2 Å². The topological polar surface area (TPSA) is 61.9 Å². The van der Waals surface area contributed by atoms with Gasteiger partial charge in [-0.1, -0.05) is 47.5 Å². The number of urea groups is 1. The van der Waals surface area contributed by atoms with Crippen LogP contribution in [-0.4, -0.2) is 36.2 Å². The number of nitrogens with zero attached hydrogens (tertiary/aromatic N) is 2. The number of amides is 3. The standard InChI is InChI=1S/C27H27N3O3S/c1-18-4-7-20(8-5-18)17-29-24-13-6-19(2)16-23(24)27(25(29)31)30(14-15-34-27)26(32)28-21-9-11-22(33-3)12-10-21/h4-13,16H,14-15,17H2,1-3H3,(H,28,32)/t27-/m1/s1. The van der Waals surface area contributed by atoms with E-state index in [9.17, 15) is 9.59 Å². The third-order valence-corrected chi connectivity index (χ3v) is 7.82. The van der Waals surface area contributed by atoms with Crippen LogP contribution in [0.25, 0.3) is 0 Å². The molecule has 0 bridgehead atoms. The minimum absolute atomic E-state index is 0.0685. The summed E-state index contributed by atoms with van der Waals surface area (Å²) in [6, 6.07) is 21.2. The molecule has 1 spiro atoms. The van der Waals surface area contributed by atoms with Crippen LogP contribution < -0.4 is 15.0 Å². The van der Waals surface area contributed by atoms with Crippen molar-refractivity contribution in [1.82, 2.24) is 4.90 Å². The molecule has 1 N–H and O–H groups in total. The van der Waals surface area contributed by atoms with E-state index >= 15 is 0 Å². The first-order chi connectivity index (χ1) is 16.4. The van der Waals surface area contributed by atoms with Crippen molar-refractivity contribution < 1.29 is 14.3 Å². The number of methoxy groups -OCH3 is 1. The molecule has 1 saturated heterocycles. The predicted molar refractivity (Wildman–Crippen MR) is 136 cm³/mol. The minimum Gasteiger partial charge on any atom is -0.497 e. The van der Waals surface area contributed by atoms with Crippen LogP contribution in [0.15, 0.2) is 66.7 Å². The molecule has 0 unspecified atom stereocenters. The van der Waals surface area contributed by atoms with Gasteiger partial charge in [-0.25, -0.2) is 4.79 Å². The number of rotatable bonds is 4.